The first-order valence-corrected chi connectivity index (χ1v) is 11.2. The summed E-state index contributed by atoms with van der Waals surface area (Å²) in [5, 5.41) is 31.0. The normalized spacial score (nSPS) is 11.6. The lowest BCUT2D eigenvalue weighted by molar-refractivity contribution is 0.0899. The van der Waals surface area contributed by atoms with Crippen LogP contribution in [0, 0.1) is 0 Å². The van der Waals surface area contributed by atoms with Crippen LogP contribution in [0.3, 0.4) is 0 Å². The number of nitrogens with one attached hydrogen (secondary N) is 1. The standard InChI is InChI=1S/C22H20Cl3N7O2/c1-22(2,21-27-30-31(3)29-21)26-20(34)18-15(11-33)19(12-4-6-13(23)7-5-12)32(28-18)17-9-8-14(24)10-16(17)25/h4-10,33H,11H2,1-3H3,(H,26,34). The van der Waals surface area contributed by atoms with Gasteiger partial charge in [-0.1, -0.05) is 46.9 Å². The lowest BCUT2D eigenvalue weighted by Crippen LogP contribution is -2.42. The van der Waals surface area contributed by atoms with Gasteiger partial charge in [0.2, 0.25) is 0 Å². The lowest BCUT2D eigenvalue weighted by atomic mass is 10.0. The highest BCUT2D eigenvalue weighted by Crippen LogP contribution is 2.34. The molecular formula is C22H20Cl3N7O2. The molecule has 2 aromatic carbocycles. The number of benzene rings is 2. The fourth-order valence-electron chi connectivity index (χ4n) is 3.45. The predicted octanol–water partition coefficient (Wildman–Crippen LogP) is 4.18. The van der Waals surface area contributed by atoms with E-state index in [1.54, 1.807) is 63.4 Å². The minimum absolute atomic E-state index is 0.0235. The van der Waals surface area contributed by atoms with E-state index in [0.717, 1.165) is 0 Å². The van der Waals surface area contributed by atoms with Crippen molar-refractivity contribution in [1.82, 2.24) is 35.3 Å². The Morgan fingerprint density at radius 2 is 1.74 bits per heavy atom. The average molecular weight is 521 g/mol. The first-order valence-electron chi connectivity index (χ1n) is 10.1. The van der Waals surface area contributed by atoms with E-state index < -0.39 is 18.1 Å². The average Bonchev–Trinajstić information content (AvgIpc) is 3.38. The Morgan fingerprint density at radius 3 is 2.32 bits per heavy atom. The summed E-state index contributed by atoms with van der Waals surface area (Å²) in [4.78, 5) is 14.7. The monoisotopic (exact) mass is 519 g/mol. The topological polar surface area (TPSA) is 111 Å². The molecule has 1 amide bonds. The molecule has 0 aliphatic heterocycles. The molecule has 0 aliphatic rings. The molecule has 2 N–H and O–H groups in total. The Kier molecular flexibility index (Phi) is 6.64. The molecule has 34 heavy (non-hydrogen) atoms. The molecule has 2 aromatic heterocycles. The summed E-state index contributed by atoms with van der Waals surface area (Å²) in [5.74, 6) is -0.201. The maximum atomic E-state index is 13.4. The van der Waals surface area contributed by atoms with E-state index in [4.69, 9.17) is 34.8 Å². The first kappa shape index (κ1) is 24.2. The molecule has 0 saturated heterocycles. The number of aryl methyl sites for hydroxylation is 1. The smallest absolute Gasteiger partial charge is 0.272 e. The van der Waals surface area contributed by atoms with E-state index in [1.165, 1.54) is 9.48 Å². The Labute approximate surface area is 210 Å². The molecule has 0 unspecified atom stereocenters. The number of carbonyl (C=O) groups is 1. The Hall–Kier alpha value is -2.98. The van der Waals surface area contributed by atoms with E-state index >= 15 is 0 Å². The summed E-state index contributed by atoms with van der Waals surface area (Å²) in [6.45, 7) is 3.04. The van der Waals surface area contributed by atoms with Gasteiger partial charge in [-0.2, -0.15) is 9.90 Å². The maximum absolute atomic E-state index is 13.4. The zero-order valence-electron chi connectivity index (χ0n) is 18.4. The van der Waals surface area contributed by atoms with Gasteiger partial charge in [0.15, 0.2) is 11.5 Å². The van der Waals surface area contributed by atoms with Crippen LogP contribution in [-0.4, -0.2) is 41.0 Å². The SMILES string of the molecule is Cn1nnc(C(C)(C)NC(=O)c2nn(-c3ccc(Cl)cc3Cl)c(-c3ccc(Cl)cc3)c2CO)n1. The van der Waals surface area contributed by atoms with Gasteiger partial charge in [0.05, 0.1) is 35.6 Å². The molecular weight excluding hydrogens is 501 g/mol. The van der Waals surface area contributed by atoms with Crippen LogP contribution in [0.25, 0.3) is 16.9 Å². The van der Waals surface area contributed by atoms with Crippen molar-refractivity contribution in [3.8, 4) is 16.9 Å². The molecule has 176 valence electrons. The van der Waals surface area contributed by atoms with Gasteiger partial charge in [0.25, 0.3) is 5.91 Å². The maximum Gasteiger partial charge on any atom is 0.272 e. The van der Waals surface area contributed by atoms with Crippen LogP contribution in [-0.2, 0) is 19.2 Å². The molecule has 0 aliphatic carbocycles. The van der Waals surface area contributed by atoms with Gasteiger partial charge < -0.3 is 10.4 Å². The molecule has 9 nitrogen and oxygen atoms in total. The fraction of sp³-hybridized carbons (Fsp3) is 0.227. The number of nitrogens with zero attached hydrogens (tertiary/aromatic N) is 6. The van der Waals surface area contributed by atoms with Crippen molar-refractivity contribution >= 4 is 40.7 Å². The Bertz CT molecular complexity index is 1360. The van der Waals surface area contributed by atoms with Crippen molar-refractivity contribution in [2.24, 2.45) is 7.05 Å². The highest BCUT2D eigenvalue weighted by molar-refractivity contribution is 6.35. The van der Waals surface area contributed by atoms with E-state index in [2.05, 4.69) is 25.8 Å². The first-order chi connectivity index (χ1) is 16.1. The van der Waals surface area contributed by atoms with Crippen LogP contribution >= 0.6 is 34.8 Å². The second-order valence-corrected chi connectivity index (χ2v) is 9.31. The summed E-state index contributed by atoms with van der Waals surface area (Å²) in [7, 11) is 1.63. The van der Waals surface area contributed by atoms with Crippen molar-refractivity contribution < 1.29 is 9.90 Å². The van der Waals surface area contributed by atoms with E-state index in [-0.39, 0.29) is 5.69 Å². The lowest BCUT2D eigenvalue weighted by Gasteiger charge is -2.21. The molecule has 0 radical (unpaired) electrons. The molecule has 2 heterocycles. The minimum atomic E-state index is -0.958. The third-order valence-electron chi connectivity index (χ3n) is 5.11. The number of carbonyl (C=O) groups excluding carboxylic acids is 1. The second-order valence-electron chi connectivity index (χ2n) is 8.03. The molecule has 0 saturated carbocycles. The summed E-state index contributed by atoms with van der Waals surface area (Å²) >= 11 is 18.6. The third kappa shape index (κ3) is 4.65. The Balaban J connectivity index is 1.86. The zero-order chi connectivity index (χ0) is 24.6. The zero-order valence-corrected chi connectivity index (χ0v) is 20.7. The van der Waals surface area contributed by atoms with Crippen molar-refractivity contribution in [1.29, 1.82) is 0 Å². The molecule has 4 aromatic rings. The highest BCUT2D eigenvalue weighted by Gasteiger charge is 2.32. The van der Waals surface area contributed by atoms with Crippen molar-refractivity contribution in [2.45, 2.75) is 26.0 Å². The number of aliphatic hydroxyl groups excluding tert-OH is 1. The van der Waals surface area contributed by atoms with Crippen LogP contribution < -0.4 is 5.32 Å². The van der Waals surface area contributed by atoms with E-state index in [1.807, 2.05) is 0 Å². The van der Waals surface area contributed by atoms with Crippen LogP contribution in [0.15, 0.2) is 42.5 Å². The highest BCUT2D eigenvalue weighted by atomic mass is 35.5. The predicted molar refractivity (Wildman–Crippen MR) is 129 cm³/mol. The van der Waals surface area contributed by atoms with Crippen LogP contribution in [0.1, 0.15) is 35.7 Å². The molecule has 0 spiro atoms. The van der Waals surface area contributed by atoms with Gasteiger partial charge >= 0.3 is 0 Å². The van der Waals surface area contributed by atoms with Gasteiger partial charge in [-0.05, 0) is 49.4 Å². The molecule has 0 bridgehead atoms. The van der Waals surface area contributed by atoms with Crippen molar-refractivity contribution in [3.63, 3.8) is 0 Å². The van der Waals surface area contributed by atoms with Crippen LogP contribution in [0.5, 0.6) is 0 Å². The summed E-state index contributed by atoms with van der Waals surface area (Å²) < 4.78 is 1.51. The quantitative estimate of drug-likeness (QED) is 0.395. The molecule has 0 atom stereocenters. The van der Waals surface area contributed by atoms with Gasteiger partial charge in [0.1, 0.15) is 0 Å². The molecule has 4 rings (SSSR count). The van der Waals surface area contributed by atoms with Crippen molar-refractivity contribution in [3.05, 3.63) is 74.6 Å². The molecule has 12 heteroatoms. The van der Waals surface area contributed by atoms with Gasteiger partial charge in [-0.15, -0.1) is 10.2 Å². The fourth-order valence-corrected chi connectivity index (χ4v) is 4.06. The summed E-state index contributed by atoms with van der Waals surface area (Å²) in [6.07, 6.45) is 0. The number of hydrogen-bond donors (Lipinski definition) is 2. The number of halogens is 3. The molecule has 0 fully saturated rings. The van der Waals surface area contributed by atoms with Crippen LogP contribution in [0.2, 0.25) is 15.1 Å². The van der Waals surface area contributed by atoms with Gasteiger partial charge in [0, 0.05) is 21.2 Å². The largest absolute Gasteiger partial charge is 0.392 e. The second kappa shape index (κ2) is 9.34. The number of amides is 1. The third-order valence-corrected chi connectivity index (χ3v) is 5.90. The number of tetrazole rings is 1. The van der Waals surface area contributed by atoms with E-state index in [0.29, 0.717) is 43.4 Å². The minimum Gasteiger partial charge on any atom is -0.392 e. The van der Waals surface area contributed by atoms with Gasteiger partial charge in [-0.3, -0.25) is 4.79 Å². The Morgan fingerprint density at radius 1 is 1.06 bits per heavy atom. The number of hydrogen-bond acceptors (Lipinski definition) is 6. The van der Waals surface area contributed by atoms with Crippen LogP contribution in [0.4, 0.5) is 0 Å². The van der Waals surface area contributed by atoms with Gasteiger partial charge in [-0.25, -0.2) is 4.68 Å². The number of aliphatic hydroxyl groups is 1. The summed E-state index contributed by atoms with van der Waals surface area (Å²) in [5.41, 5.74) is 1.04. The van der Waals surface area contributed by atoms with E-state index in [9.17, 15) is 9.90 Å². The number of rotatable bonds is 6. The van der Waals surface area contributed by atoms with Crippen molar-refractivity contribution in [2.75, 3.05) is 0 Å². The number of aromatic nitrogens is 6. The summed E-state index contributed by atoms with van der Waals surface area (Å²) in [6, 6.07) is 11.9.